The molecular weight excluding hydrogens is 316 g/mol. The molecule has 0 aliphatic carbocycles. The van der Waals surface area contributed by atoms with E-state index in [2.05, 4.69) is 22.2 Å². The molecule has 2 N–H and O–H groups in total. The third kappa shape index (κ3) is 8.24. The molecule has 25 heavy (non-hydrogen) atoms. The minimum atomic E-state index is -0.0550. The van der Waals surface area contributed by atoms with E-state index in [1.54, 1.807) is 14.1 Å². The van der Waals surface area contributed by atoms with Crippen LogP contribution >= 0.6 is 0 Å². The third-order valence-electron chi connectivity index (χ3n) is 3.41. The van der Waals surface area contributed by atoms with Crippen LogP contribution in [0.5, 0.6) is 5.75 Å². The van der Waals surface area contributed by atoms with Gasteiger partial charge in [0.05, 0.1) is 6.54 Å². The van der Waals surface area contributed by atoms with Gasteiger partial charge in [-0.1, -0.05) is 30.4 Å². The average Bonchev–Trinajstić information content (AvgIpc) is 2.55. The Kier molecular flexibility index (Phi) is 8.53. The molecule has 0 aliphatic rings. The van der Waals surface area contributed by atoms with Gasteiger partial charge in [0.25, 0.3) is 0 Å². The lowest BCUT2D eigenvalue weighted by molar-refractivity contribution is -0.127. The summed E-state index contributed by atoms with van der Waals surface area (Å²) in [6.07, 6.45) is -0.0533. The number of carbonyl (C=O) groups is 1. The fourth-order valence-electron chi connectivity index (χ4n) is 1.88. The number of aryl methyl sites for hydroxylation is 1. The van der Waals surface area contributed by atoms with Gasteiger partial charge in [0.15, 0.2) is 5.96 Å². The summed E-state index contributed by atoms with van der Waals surface area (Å²) in [5, 5.41) is 6.37. The Morgan fingerprint density at radius 1 is 1.32 bits per heavy atom. The summed E-state index contributed by atoms with van der Waals surface area (Å²) < 4.78 is 5.95. The van der Waals surface area contributed by atoms with Crippen molar-refractivity contribution in [1.29, 1.82) is 0 Å². The summed E-state index contributed by atoms with van der Waals surface area (Å²) in [5.74, 6) is 1.38. The van der Waals surface area contributed by atoms with Crippen LogP contribution in [0.15, 0.2) is 41.4 Å². The van der Waals surface area contributed by atoms with Crippen molar-refractivity contribution in [3.05, 3.63) is 42.0 Å². The van der Waals surface area contributed by atoms with E-state index in [-0.39, 0.29) is 18.6 Å². The van der Waals surface area contributed by atoms with Gasteiger partial charge in [0.1, 0.15) is 18.4 Å². The fraction of sp³-hybridized carbons (Fsp3) is 0.474. The molecule has 0 bridgehead atoms. The average molecular weight is 346 g/mol. The van der Waals surface area contributed by atoms with Gasteiger partial charge in [-0.3, -0.25) is 4.79 Å². The molecule has 6 heteroatoms. The Balaban J connectivity index is 2.60. The number of guanidine groups is 1. The summed E-state index contributed by atoms with van der Waals surface area (Å²) in [5.41, 5.74) is 2.08. The molecule has 0 saturated heterocycles. The zero-order chi connectivity index (χ0) is 18.8. The van der Waals surface area contributed by atoms with Gasteiger partial charge in [-0.2, -0.15) is 0 Å². The quantitative estimate of drug-likeness (QED) is 0.429. The number of hydrogen-bond acceptors (Lipinski definition) is 3. The second kappa shape index (κ2) is 10.4. The molecule has 1 rings (SSSR count). The number of likely N-dealkylation sites (N-methyl/N-ethyl adjacent to an activating group) is 1. The minimum Gasteiger partial charge on any atom is -0.489 e. The molecular formula is C19H30N4O2. The monoisotopic (exact) mass is 346 g/mol. The maximum atomic E-state index is 11.7. The van der Waals surface area contributed by atoms with Crippen LogP contribution in [-0.4, -0.2) is 56.6 Å². The normalized spacial score (nSPS) is 12.3. The molecule has 0 heterocycles. The Bertz CT molecular complexity index is 611. The smallest absolute Gasteiger partial charge is 0.243 e. The number of nitrogens with zero attached hydrogens (tertiary/aromatic N) is 2. The van der Waals surface area contributed by atoms with E-state index < -0.39 is 0 Å². The van der Waals surface area contributed by atoms with E-state index in [4.69, 9.17) is 4.74 Å². The minimum absolute atomic E-state index is 0.0533. The van der Waals surface area contributed by atoms with Crippen LogP contribution in [0.3, 0.4) is 0 Å². The second-order valence-corrected chi connectivity index (χ2v) is 6.34. The van der Waals surface area contributed by atoms with Gasteiger partial charge in [0, 0.05) is 20.6 Å². The highest BCUT2D eigenvalue weighted by atomic mass is 16.5. The highest BCUT2D eigenvalue weighted by Crippen LogP contribution is 2.17. The van der Waals surface area contributed by atoms with Crippen molar-refractivity contribution in [3.8, 4) is 5.75 Å². The van der Waals surface area contributed by atoms with Gasteiger partial charge in [-0.15, -0.1) is 0 Å². The van der Waals surface area contributed by atoms with E-state index in [0.717, 1.165) is 16.9 Å². The molecule has 1 aromatic carbocycles. The molecule has 138 valence electrons. The van der Waals surface area contributed by atoms with E-state index in [1.165, 1.54) is 4.90 Å². The van der Waals surface area contributed by atoms with Crippen molar-refractivity contribution < 1.29 is 9.53 Å². The van der Waals surface area contributed by atoms with Crippen LogP contribution in [0, 0.1) is 6.92 Å². The van der Waals surface area contributed by atoms with Crippen molar-refractivity contribution in [2.45, 2.75) is 26.9 Å². The van der Waals surface area contributed by atoms with Crippen molar-refractivity contribution >= 4 is 11.9 Å². The Labute approximate surface area is 151 Å². The molecule has 0 fully saturated rings. The topological polar surface area (TPSA) is 66.0 Å². The number of hydrogen-bond donors (Lipinski definition) is 2. The highest BCUT2D eigenvalue weighted by Gasteiger charge is 2.09. The number of ether oxygens (including phenoxy) is 1. The molecule has 1 amide bonds. The molecule has 1 aromatic rings. The van der Waals surface area contributed by atoms with Gasteiger partial charge >= 0.3 is 0 Å². The van der Waals surface area contributed by atoms with Crippen LogP contribution in [0.25, 0.3) is 0 Å². The van der Waals surface area contributed by atoms with E-state index in [9.17, 15) is 4.79 Å². The van der Waals surface area contributed by atoms with Gasteiger partial charge in [0.2, 0.25) is 5.91 Å². The first-order valence-electron chi connectivity index (χ1n) is 8.38. The lowest BCUT2D eigenvalue weighted by Crippen LogP contribution is -2.43. The van der Waals surface area contributed by atoms with Crippen molar-refractivity contribution in [2.24, 2.45) is 4.99 Å². The number of rotatable bonds is 8. The summed E-state index contributed by atoms with van der Waals surface area (Å²) in [6.45, 7) is 11.0. The zero-order valence-corrected chi connectivity index (χ0v) is 15.9. The van der Waals surface area contributed by atoms with Crippen LogP contribution < -0.4 is 15.4 Å². The van der Waals surface area contributed by atoms with E-state index in [0.29, 0.717) is 19.0 Å². The van der Waals surface area contributed by atoms with Crippen LogP contribution in [-0.2, 0) is 4.79 Å². The Morgan fingerprint density at radius 2 is 2.00 bits per heavy atom. The Morgan fingerprint density at radius 3 is 2.60 bits per heavy atom. The molecule has 0 saturated carbocycles. The standard InChI is InChI=1S/C19H30N4O2/c1-14(2)11-20-19(22-13-18(24)23(5)6)21-12-16(4)25-17-10-8-7-9-15(17)3/h7-10,16H,1,11-13H2,2-6H3,(H2,20,21,22). The van der Waals surface area contributed by atoms with E-state index in [1.807, 2.05) is 45.0 Å². The zero-order valence-electron chi connectivity index (χ0n) is 15.9. The molecule has 1 atom stereocenters. The highest BCUT2D eigenvalue weighted by molar-refractivity contribution is 5.84. The second-order valence-electron chi connectivity index (χ2n) is 6.34. The summed E-state index contributed by atoms with van der Waals surface area (Å²) in [6, 6.07) is 7.91. The number of nitrogens with one attached hydrogen (secondary N) is 2. The molecule has 0 aliphatic heterocycles. The Hall–Kier alpha value is -2.50. The molecule has 0 aromatic heterocycles. The lowest BCUT2D eigenvalue weighted by Gasteiger charge is -2.19. The summed E-state index contributed by atoms with van der Waals surface area (Å²) in [4.78, 5) is 17.6. The van der Waals surface area contributed by atoms with Gasteiger partial charge in [-0.05, 0) is 32.4 Å². The molecule has 0 spiro atoms. The lowest BCUT2D eigenvalue weighted by atomic mass is 10.2. The van der Waals surface area contributed by atoms with Crippen LogP contribution in [0.2, 0.25) is 0 Å². The number of carbonyl (C=O) groups excluding carboxylic acids is 1. The predicted molar refractivity (Wildman–Crippen MR) is 103 cm³/mol. The van der Waals surface area contributed by atoms with Crippen molar-refractivity contribution in [3.63, 3.8) is 0 Å². The maximum absolute atomic E-state index is 11.7. The molecule has 0 radical (unpaired) electrons. The molecule has 1 unspecified atom stereocenters. The number of amides is 1. The SMILES string of the molecule is C=C(C)CNC(=NCC(=O)N(C)C)NCC(C)Oc1ccccc1C. The number of aliphatic imine (C=N–C) groups is 1. The van der Waals surface area contributed by atoms with Gasteiger partial charge in [-0.25, -0.2) is 4.99 Å². The van der Waals surface area contributed by atoms with Crippen molar-refractivity contribution in [1.82, 2.24) is 15.5 Å². The molecule has 6 nitrogen and oxygen atoms in total. The summed E-state index contributed by atoms with van der Waals surface area (Å²) >= 11 is 0. The predicted octanol–water partition coefficient (Wildman–Crippen LogP) is 1.96. The first-order chi connectivity index (χ1) is 11.8. The van der Waals surface area contributed by atoms with Crippen molar-refractivity contribution in [2.75, 3.05) is 33.7 Å². The van der Waals surface area contributed by atoms with E-state index >= 15 is 0 Å². The number of benzene rings is 1. The van der Waals surface area contributed by atoms with Gasteiger partial charge < -0.3 is 20.3 Å². The van der Waals surface area contributed by atoms with Crippen LogP contribution in [0.4, 0.5) is 0 Å². The summed E-state index contributed by atoms with van der Waals surface area (Å²) in [7, 11) is 3.43. The first-order valence-corrected chi connectivity index (χ1v) is 8.38. The maximum Gasteiger partial charge on any atom is 0.243 e. The van der Waals surface area contributed by atoms with Crippen LogP contribution in [0.1, 0.15) is 19.4 Å². The third-order valence-corrected chi connectivity index (χ3v) is 3.41. The number of para-hydroxylation sites is 1. The first kappa shape index (κ1) is 20.5. The largest absolute Gasteiger partial charge is 0.489 e. The fourth-order valence-corrected chi connectivity index (χ4v) is 1.88.